The van der Waals surface area contributed by atoms with Crippen LogP contribution in [0, 0.1) is 14.2 Å². The number of carbonyl (C=O) groups is 1. The second kappa shape index (κ2) is 5.73. The van der Waals surface area contributed by atoms with Gasteiger partial charge in [-0.15, -0.1) is 0 Å². The molecule has 0 bridgehead atoms. The maximum atomic E-state index is 13.0. The van der Waals surface area contributed by atoms with Gasteiger partial charge in [0, 0.05) is 9.13 Å². The van der Waals surface area contributed by atoms with E-state index >= 15 is 0 Å². The summed E-state index contributed by atoms with van der Waals surface area (Å²) in [6, 6.07) is 10.2. The molecule has 22 heavy (non-hydrogen) atoms. The summed E-state index contributed by atoms with van der Waals surface area (Å²) in [7, 11) is 0. The molecule has 0 aliphatic rings. The summed E-state index contributed by atoms with van der Waals surface area (Å²) in [4.78, 5) is 27.9. The predicted molar refractivity (Wildman–Crippen MR) is 92.2 cm³/mol. The lowest BCUT2D eigenvalue weighted by atomic mass is 10.2. The smallest absolute Gasteiger partial charge is 0.269 e. The Morgan fingerprint density at radius 1 is 1.18 bits per heavy atom. The van der Waals surface area contributed by atoms with Gasteiger partial charge < -0.3 is 4.98 Å². The first kappa shape index (κ1) is 15.0. The van der Waals surface area contributed by atoms with Gasteiger partial charge in [0.2, 0.25) is 0 Å². The van der Waals surface area contributed by atoms with Crippen molar-refractivity contribution >= 4 is 51.6 Å². The maximum absolute atomic E-state index is 13.0. The number of carbonyl (C=O) groups excluding carboxylic acids is 1. The largest absolute Gasteiger partial charge is 0.331 e. The lowest BCUT2D eigenvalue weighted by Gasteiger charge is -2.07. The molecule has 0 fully saturated rings. The van der Waals surface area contributed by atoms with Crippen molar-refractivity contribution in [3.05, 3.63) is 72.5 Å². The molecule has 1 aromatic heterocycles. The van der Waals surface area contributed by atoms with Crippen molar-refractivity contribution in [1.29, 1.82) is 0 Å². The minimum absolute atomic E-state index is 0.00744. The molecule has 4 nitrogen and oxygen atoms in total. The summed E-state index contributed by atoms with van der Waals surface area (Å²) in [6.45, 7) is 0. The third-order valence-electron chi connectivity index (χ3n) is 3.15. The fourth-order valence-electron chi connectivity index (χ4n) is 2.09. The minimum atomic E-state index is -0.591. The van der Waals surface area contributed by atoms with E-state index in [1.165, 1.54) is 12.1 Å². The number of aromatic amines is 1. The molecular formula is C15H8FIN2O2S. The average Bonchev–Trinajstić information content (AvgIpc) is 2.49. The van der Waals surface area contributed by atoms with Gasteiger partial charge in [-0.3, -0.25) is 9.59 Å². The summed E-state index contributed by atoms with van der Waals surface area (Å²) in [5.74, 6) is -1.05. The Labute approximate surface area is 142 Å². The molecule has 0 atom stereocenters. The number of hydrogen-bond acceptors (Lipinski definition) is 3. The van der Waals surface area contributed by atoms with Crippen molar-refractivity contribution in [1.82, 2.24) is 9.55 Å². The summed E-state index contributed by atoms with van der Waals surface area (Å²) >= 11 is 7.20. The lowest BCUT2D eigenvalue weighted by molar-refractivity contribution is 0.0953. The van der Waals surface area contributed by atoms with Crippen LogP contribution in [-0.4, -0.2) is 15.5 Å². The number of benzene rings is 2. The highest BCUT2D eigenvalue weighted by Crippen LogP contribution is 2.13. The number of nitrogens with one attached hydrogen (secondary N) is 1. The SMILES string of the molecule is O=C(c1ccc(F)cc1)n1c(=S)[nH]c2ccc(I)cc2c1=O. The molecule has 0 saturated carbocycles. The number of aromatic nitrogens is 2. The number of fused-ring (bicyclic) bond motifs is 1. The van der Waals surface area contributed by atoms with E-state index < -0.39 is 17.3 Å². The highest BCUT2D eigenvalue weighted by Gasteiger charge is 2.15. The summed E-state index contributed by atoms with van der Waals surface area (Å²) in [5, 5.41) is 0.371. The number of halogens is 2. The Bertz CT molecular complexity index is 1010. The van der Waals surface area contributed by atoms with Gasteiger partial charge in [-0.2, -0.15) is 0 Å². The highest BCUT2D eigenvalue weighted by atomic mass is 127. The van der Waals surface area contributed by atoms with Crippen LogP contribution in [0.3, 0.4) is 0 Å². The van der Waals surface area contributed by atoms with Crippen LogP contribution < -0.4 is 5.56 Å². The van der Waals surface area contributed by atoms with Crippen LogP contribution in [0.15, 0.2) is 47.3 Å². The first-order chi connectivity index (χ1) is 10.5. The summed E-state index contributed by atoms with van der Waals surface area (Å²) < 4.78 is 14.7. The first-order valence-electron chi connectivity index (χ1n) is 6.22. The molecule has 1 heterocycles. The molecule has 0 radical (unpaired) electrons. The van der Waals surface area contributed by atoms with Gasteiger partial charge in [0.05, 0.1) is 10.9 Å². The van der Waals surface area contributed by atoms with E-state index in [0.29, 0.717) is 10.9 Å². The van der Waals surface area contributed by atoms with Gasteiger partial charge in [-0.25, -0.2) is 8.96 Å². The third kappa shape index (κ3) is 2.61. The van der Waals surface area contributed by atoms with Crippen molar-refractivity contribution in [3.63, 3.8) is 0 Å². The molecule has 3 rings (SSSR count). The van der Waals surface area contributed by atoms with Crippen LogP contribution >= 0.6 is 34.8 Å². The van der Waals surface area contributed by atoms with Crippen molar-refractivity contribution in [3.8, 4) is 0 Å². The molecule has 0 amide bonds. The zero-order valence-corrected chi connectivity index (χ0v) is 13.9. The molecule has 110 valence electrons. The van der Waals surface area contributed by atoms with Gasteiger partial charge in [0.25, 0.3) is 11.5 Å². The van der Waals surface area contributed by atoms with E-state index in [1.54, 1.807) is 12.1 Å². The maximum Gasteiger partial charge on any atom is 0.269 e. The molecule has 0 saturated heterocycles. The summed E-state index contributed by atoms with van der Waals surface area (Å²) in [5.41, 5.74) is 0.262. The van der Waals surface area contributed by atoms with Gasteiger partial charge >= 0.3 is 0 Å². The molecule has 0 spiro atoms. The number of rotatable bonds is 1. The number of nitrogens with zero attached hydrogens (tertiary/aromatic N) is 1. The minimum Gasteiger partial charge on any atom is -0.331 e. The summed E-state index contributed by atoms with van der Waals surface area (Å²) in [6.07, 6.45) is 0. The van der Waals surface area contributed by atoms with Crippen LogP contribution in [0.1, 0.15) is 10.4 Å². The molecule has 7 heteroatoms. The Kier molecular flexibility index (Phi) is 3.92. The van der Waals surface area contributed by atoms with Crippen molar-refractivity contribution in [2.75, 3.05) is 0 Å². The molecular weight excluding hydrogens is 418 g/mol. The monoisotopic (exact) mass is 426 g/mol. The molecule has 3 aromatic rings. The quantitative estimate of drug-likeness (QED) is 0.479. The zero-order valence-electron chi connectivity index (χ0n) is 11.0. The average molecular weight is 426 g/mol. The van der Waals surface area contributed by atoms with Crippen LogP contribution in [-0.2, 0) is 0 Å². The van der Waals surface area contributed by atoms with Gasteiger partial charge in [0.15, 0.2) is 4.77 Å². The van der Waals surface area contributed by atoms with E-state index in [-0.39, 0.29) is 10.3 Å². The van der Waals surface area contributed by atoms with Crippen molar-refractivity contribution in [2.24, 2.45) is 0 Å². The number of hydrogen-bond donors (Lipinski definition) is 1. The van der Waals surface area contributed by atoms with E-state index in [9.17, 15) is 14.0 Å². The van der Waals surface area contributed by atoms with Crippen LogP contribution in [0.4, 0.5) is 4.39 Å². The molecule has 1 N–H and O–H groups in total. The van der Waals surface area contributed by atoms with Crippen molar-refractivity contribution < 1.29 is 9.18 Å². The van der Waals surface area contributed by atoms with Gasteiger partial charge in [-0.1, -0.05) is 0 Å². The standard InChI is InChI=1S/C15H8FIN2O2S/c16-9-3-1-8(2-4-9)13(20)19-14(21)11-7-10(17)5-6-12(11)18-15(19)22/h1-7H,(H,18,22). The Hall–Kier alpha value is -1.87. The molecule has 0 aliphatic carbocycles. The van der Waals surface area contributed by atoms with Crippen LogP contribution in [0.5, 0.6) is 0 Å². The van der Waals surface area contributed by atoms with Gasteiger partial charge in [0.1, 0.15) is 5.82 Å². The third-order valence-corrected chi connectivity index (χ3v) is 4.11. The molecule has 0 aliphatic heterocycles. The Morgan fingerprint density at radius 3 is 2.55 bits per heavy atom. The predicted octanol–water partition coefficient (Wildman–Crippen LogP) is 3.49. The topological polar surface area (TPSA) is 54.9 Å². The highest BCUT2D eigenvalue weighted by molar-refractivity contribution is 14.1. The Balaban J connectivity index is 2.26. The van der Waals surface area contributed by atoms with Gasteiger partial charge in [-0.05, 0) is 77.3 Å². The van der Waals surface area contributed by atoms with Crippen LogP contribution in [0.2, 0.25) is 0 Å². The van der Waals surface area contributed by atoms with E-state index in [0.717, 1.165) is 20.3 Å². The van der Waals surface area contributed by atoms with Crippen LogP contribution in [0.25, 0.3) is 10.9 Å². The second-order valence-electron chi connectivity index (χ2n) is 4.57. The van der Waals surface area contributed by atoms with E-state index in [2.05, 4.69) is 27.6 Å². The second-order valence-corrected chi connectivity index (χ2v) is 6.20. The fourth-order valence-corrected chi connectivity index (χ4v) is 2.86. The molecule has 0 unspecified atom stereocenters. The normalized spacial score (nSPS) is 10.8. The zero-order chi connectivity index (χ0) is 15.9. The van der Waals surface area contributed by atoms with E-state index in [1.807, 2.05) is 6.07 Å². The molecule has 2 aromatic carbocycles. The van der Waals surface area contributed by atoms with E-state index in [4.69, 9.17) is 12.2 Å². The Morgan fingerprint density at radius 2 is 1.86 bits per heavy atom. The lowest BCUT2D eigenvalue weighted by Crippen LogP contribution is -2.29. The number of H-pyrrole nitrogens is 1. The van der Waals surface area contributed by atoms with Crippen molar-refractivity contribution in [2.45, 2.75) is 0 Å². The fraction of sp³-hybridized carbons (Fsp3) is 0. The first-order valence-corrected chi connectivity index (χ1v) is 7.71.